The minimum Gasteiger partial charge on any atom is -1.00 e. The molecule has 0 aliphatic carbocycles. The van der Waals surface area contributed by atoms with Gasteiger partial charge in [-0.2, -0.15) is 6.92 Å². The van der Waals surface area contributed by atoms with Gasteiger partial charge in [-0.05, 0) is 12.8 Å². The first-order chi connectivity index (χ1) is 3.50. The molecule has 0 aromatic heterocycles. The van der Waals surface area contributed by atoms with Crippen LogP contribution in [-0.2, 0) is 4.74 Å². The van der Waals surface area contributed by atoms with Gasteiger partial charge in [0.1, 0.15) is 0 Å². The molecular formula is C6H13ClMgO. The van der Waals surface area contributed by atoms with E-state index in [1.807, 2.05) is 0 Å². The van der Waals surface area contributed by atoms with Crippen LogP contribution < -0.4 is 12.4 Å². The zero-order chi connectivity index (χ0) is 5.54. The molecule has 0 aromatic carbocycles. The fourth-order valence-corrected chi connectivity index (χ4v) is 0.510. The Bertz CT molecular complexity index is 24.6. The third kappa shape index (κ3) is 12.3. The van der Waals surface area contributed by atoms with Gasteiger partial charge in [0.15, 0.2) is 0 Å². The third-order valence-electron chi connectivity index (χ3n) is 0.827. The molecule has 1 nitrogen and oxygen atoms in total. The van der Waals surface area contributed by atoms with Gasteiger partial charge in [0.2, 0.25) is 0 Å². The maximum absolute atomic E-state index is 4.94. The second-order valence-electron chi connectivity index (χ2n) is 1.32. The minimum absolute atomic E-state index is 0. The Morgan fingerprint density at radius 3 is 1.56 bits per heavy atom. The standard InChI is InChI=1S/C4H8O.C2H5.ClH.Mg/c1-2-4-5-3-1;1-2;;/h1-4H2;1H2,2H3;1H;/q;-1;;+2/p-1. The molecular weight excluding hydrogens is 148 g/mol. The Morgan fingerprint density at radius 2 is 1.44 bits per heavy atom. The van der Waals surface area contributed by atoms with Crippen molar-refractivity contribution in [1.29, 1.82) is 0 Å². The molecule has 0 radical (unpaired) electrons. The summed E-state index contributed by atoms with van der Waals surface area (Å²) < 4.78 is 4.94. The van der Waals surface area contributed by atoms with E-state index < -0.39 is 0 Å². The van der Waals surface area contributed by atoms with Crippen molar-refractivity contribution < 1.29 is 17.1 Å². The van der Waals surface area contributed by atoms with Crippen molar-refractivity contribution in [3.63, 3.8) is 0 Å². The van der Waals surface area contributed by atoms with E-state index >= 15 is 0 Å². The summed E-state index contributed by atoms with van der Waals surface area (Å²) in [5, 5.41) is 0. The second-order valence-corrected chi connectivity index (χ2v) is 1.32. The first kappa shape index (κ1) is 16.5. The largest absolute Gasteiger partial charge is 2.00 e. The Labute approximate surface area is 80.1 Å². The number of hydrogen-bond acceptors (Lipinski definition) is 1. The van der Waals surface area contributed by atoms with Crippen LogP contribution in [0.25, 0.3) is 0 Å². The molecule has 0 bridgehead atoms. The summed E-state index contributed by atoms with van der Waals surface area (Å²) in [6, 6.07) is 0. The van der Waals surface area contributed by atoms with E-state index in [9.17, 15) is 0 Å². The summed E-state index contributed by atoms with van der Waals surface area (Å²) in [5.74, 6) is 0. The van der Waals surface area contributed by atoms with E-state index in [-0.39, 0.29) is 35.5 Å². The summed E-state index contributed by atoms with van der Waals surface area (Å²) in [6.45, 7) is 7.00. The number of hydrogen-bond donors (Lipinski definition) is 0. The van der Waals surface area contributed by atoms with Crippen LogP contribution in [0, 0.1) is 6.92 Å². The quantitative estimate of drug-likeness (QED) is 0.302. The minimum atomic E-state index is 0. The summed E-state index contributed by atoms with van der Waals surface area (Å²) in [7, 11) is 0. The summed E-state index contributed by atoms with van der Waals surface area (Å²) in [6.07, 6.45) is 2.56. The van der Waals surface area contributed by atoms with E-state index in [4.69, 9.17) is 4.74 Å². The van der Waals surface area contributed by atoms with E-state index in [2.05, 4.69) is 6.92 Å². The SMILES string of the molecule is C1CCOC1.[CH2-]C.[Cl-].[Mg+2]. The van der Waals surface area contributed by atoms with Crippen LogP contribution in [0.2, 0.25) is 0 Å². The monoisotopic (exact) mass is 160 g/mol. The van der Waals surface area contributed by atoms with Gasteiger partial charge in [0.05, 0.1) is 0 Å². The van der Waals surface area contributed by atoms with Crippen LogP contribution in [0.4, 0.5) is 0 Å². The first-order valence-corrected chi connectivity index (χ1v) is 2.78. The predicted molar refractivity (Wildman–Crippen MR) is 36.8 cm³/mol. The van der Waals surface area contributed by atoms with Gasteiger partial charge in [0, 0.05) is 13.2 Å². The normalized spacial score (nSPS) is 14.0. The van der Waals surface area contributed by atoms with Gasteiger partial charge in [0.25, 0.3) is 0 Å². The Balaban J connectivity index is -0.0000000836. The van der Waals surface area contributed by atoms with E-state index in [0.29, 0.717) is 0 Å². The van der Waals surface area contributed by atoms with Crippen LogP contribution in [0.3, 0.4) is 0 Å². The van der Waals surface area contributed by atoms with Crippen LogP contribution in [0.5, 0.6) is 0 Å². The van der Waals surface area contributed by atoms with E-state index in [0.717, 1.165) is 13.2 Å². The molecule has 1 aliphatic rings. The van der Waals surface area contributed by atoms with Crippen LogP contribution in [0.15, 0.2) is 0 Å². The average Bonchev–Trinajstić information content (AvgIpc) is 2.23. The van der Waals surface area contributed by atoms with Crippen LogP contribution >= 0.6 is 0 Å². The summed E-state index contributed by atoms with van der Waals surface area (Å²) >= 11 is 0. The van der Waals surface area contributed by atoms with Crippen molar-refractivity contribution in [1.82, 2.24) is 0 Å². The second kappa shape index (κ2) is 16.0. The number of ether oxygens (including phenoxy) is 1. The molecule has 1 aliphatic heterocycles. The van der Waals surface area contributed by atoms with Crippen LogP contribution in [0.1, 0.15) is 19.8 Å². The Kier molecular flexibility index (Phi) is 29.4. The zero-order valence-electron chi connectivity index (χ0n) is 6.03. The Morgan fingerprint density at radius 1 is 1.11 bits per heavy atom. The van der Waals surface area contributed by atoms with Gasteiger partial charge in [-0.3, -0.25) is 0 Å². The molecule has 1 fully saturated rings. The van der Waals surface area contributed by atoms with Gasteiger partial charge < -0.3 is 24.1 Å². The maximum Gasteiger partial charge on any atom is 2.00 e. The zero-order valence-corrected chi connectivity index (χ0v) is 8.20. The summed E-state index contributed by atoms with van der Waals surface area (Å²) in [4.78, 5) is 0. The molecule has 0 aromatic rings. The molecule has 0 amide bonds. The van der Waals surface area contributed by atoms with Crippen molar-refractivity contribution in [2.45, 2.75) is 19.8 Å². The molecule has 0 N–H and O–H groups in total. The molecule has 0 saturated carbocycles. The smallest absolute Gasteiger partial charge is 1.00 e. The molecule has 52 valence electrons. The fourth-order valence-electron chi connectivity index (χ4n) is 0.510. The Hall–Kier alpha value is 1.02. The van der Waals surface area contributed by atoms with Crippen LogP contribution in [-0.4, -0.2) is 36.3 Å². The van der Waals surface area contributed by atoms with Crippen molar-refractivity contribution in [2.75, 3.05) is 13.2 Å². The summed E-state index contributed by atoms with van der Waals surface area (Å²) in [5.41, 5.74) is 0. The number of halogens is 1. The van der Waals surface area contributed by atoms with Gasteiger partial charge >= 0.3 is 23.1 Å². The first-order valence-electron chi connectivity index (χ1n) is 2.78. The van der Waals surface area contributed by atoms with Gasteiger partial charge in [-0.15, -0.1) is 0 Å². The van der Waals surface area contributed by atoms with Gasteiger partial charge in [-0.1, -0.05) is 0 Å². The molecule has 3 heteroatoms. The van der Waals surface area contributed by atoms with Crippen molar-refractivity contribution in [3.8, 4) is 0 Å². The number of rotatable bonds is 0. The van der Waals surface area contributed by atoms with E-state index in [1.165, 1.54) is 12.8 Å². The van der Waals surface area contributed by atoms with Gasteiger partial charge in [-0.25, -0.2) is 0 Å². The molecule has 1 rings (SSSR count). The third-order valence-corrected chi connectivity index (χ3v) is 0.827. The van der Waals surface area contributed by atoms with E-state index in [1.54, 1.807) is 6.92 Å². The maximum atomic E-state index is 4.94. The topological polar surface area (TPSA) is 9.23 Å². The van der Waals surface area contributed by atoms with Crippen molar-refractivity contribution in [2.24, 2.45) is 0 Å². The average molecular weight is 161 g/mol. The fraction of sp³-hybridized carbons (Fsp3) is 0.833. The molecule has 0 spiro atoms. The molecule has 1 saturated heterocycles. The van der Waals surface area contributed by atoms with Crippen molar-refractivity contribution >= 4 is 23.1 Å². The molecule has 0 unspecified atom stereocenters. The molecule has 1 heterocycles. The molecule has 9 heavy (non-hydrogen) atoms. The van der Waals surface area contributed by atoms with Crippen molar-refractivity contribution in [3.05, 3.63) is 6.92 Å². The predicted octanol–water partition coefficient (Wildman–Crippen LogP) is -1.74. The molecule has 0 atom stereocenters.